The second-order valence-electron chi connectivity index (χ2n) is 3.87. The zero-order chi connectivity index (χ0) is 9.78. The topological polar surface area (TPSA) is 0 Å². The van der Waals surface area contributed by atoms with Gasteiger partial charge in [0.15, 0.2) is 0 Å². The van der Waals surface area contributed by atoms with Crippen LogP contribution in [0.5, 0.6) is 0 Å². The summed E-state index contributed by atoms with van der Waals surface area (Å²) in [6.07, 6.45) is 4.65. The minimum Gasteiger partial charge on any atom is -0.0958 e. The molecule has 0 saturated heterocycles. The molecule has 0 spiro atoms. The SMILES string of the molecule is C=C1C=C(C)C(C)(C)CC1.CC. The van der Waals surface area contributed by atoms with E-state index in [1.807, 2.05) is 13.8 Å². The van der Waals surface area contributed by atoms with E-state index in [2.05, 4.69) is 33.4 Å². The Morgan fingerprint density at radius 2 is 1.83 bits per heavy atom. The Hall–Kier alpha value is -0.520. The fraction of sp³-hybridized carbons (Fsp3) is 0.667. The molecule has 1 aliphatic carbocycles. The van der Waals surface area contributed by atoms with Gasteiger partial charge in [-0.25, -0.2) is 0 Å². The molecule has 0 aromatic carbocycles. The van der Waals surface area contributed by atoms with Gasteiger partial charge in [0.25, 0.3) is 0 Å². The van der Waals surface area contributed by atoms with Crippen molar-refractivity contribution >= 4 is 0 Å². The molecule has 70 valence electrons. The molecule has 0 heterocycles. The summed E-state index contributed by atoms with van der Waals surface area (Å²) in [6, 6.07) is 0. The molecule has 0 nitrogen and oxygen atoms in total. The molecule has 0 N–H and O–H groups in total. The van der Waals surface area contributed by atoms with Gasteiger partial charge in [-0.2, -0.15) is 0 Å². The van der Waals surface area contributed by atoms with Crippen LogP contribution in [0.3, 0.4) is 0 Å². The summed E-state index contributed by atoms with van der Waals surface area (Å²) >= 11 is 0. The van der Waals surface area contributed by atoms with Crippen LogP contribution >= 0.6 is 0 Å². The molecule has 0 aromatic rings. The third-order valence-corrected chi connectivity index (χ3v) is 2.56. The first-order valence-corrected chi connectivity index (χ1v) is 4.89. The lowest BCUT2D eigenvalue weighted by atomic mass is 9.75. The maximum atomic E-state index is 3.95. The Balaban J connectivity index is 0.000000561. The van der Waals surface area contributed by atoms with E-state index in [1.165, 1.54) is 24.0 Å². The van der Waals surface area contributed by atoms with E-state index in [1.54, 1.807) is 0 Å². The molecule has 0 saturated carbocycles. The summed E-state index contributed by atoms with van der Waals surface area (Å²) < 4.78 is 0. The summed E-state index contributed by atoms with van der Waals surface area (Å²) in [7, 11) is 0. The van der Waals surface area contributed by atoms with E-state index in [0.717, 1.165) is 0 Å². The van der Waals surface area contributed by atoms with E-state index in [-0.39, 0.29) is 0 Å². The van der Waals surface area contributed by atoms with Crippen molar-refractivity contribution in [3.63, 3.8) is 0 Å². The van der Waals surface area contributed by atoms with Crippen molar-refractivity contribution in [2.24, 2.45) is 5.41 Å². The summed E-state index contributed by atoms with van der Waals surface area (Å²) in [4.78, 5) is 0. The summed E-state index contributed by atoms with van der Waals surface area (Å²) in [5.74, 6) is 0. The van der Waals surface area contributed by atoms with Gasteiger partial charge in [-0.3, -0.25) is 0 Å². The van der Waals surface area contributed by atoms with Gasteiger partial charge in [-0.1, -0.05) is 51.5 Å². The highest BCUT2D eigenvalue weighted by Gasteiger charge is 2.22. The molecule has 0 heteroatoms. The molecule has 0 aromatic heterocycles. The van der Waals surface area contributed by atoms with Gasteiger partial charge in [0.2, 0.25) is 0 Å². The number of hydrogen-bond acceptors (Lipinski definition) is 0. The van der Waals surface area contributed by atoms with Crippen LogP contribution < -0.4 is 0 Å². The molecule has 0 bridgehead atoms. The van der Waals surface area contributed by atoms with Crippen molar-refractivity contribution < 1.29 is 0 Å². The van der Waals surface area contributed by atoms with Crippen molar-refractivity contribution in [1.29, 1.82) is 0 Å². The molecule has 0 radical (unpaired) electrons. The minimum atomic E-state index is 0.418. The standard InChI is InChI=1S/C10H16.C2H6/c1-8-5-6-10(3,4)9(2)7-8;1-2/h7H,1,5-6H2,2-4H3;1-2H3. The van der Waals surface area contributed by atoms with Gasteiger partial charge in [-0.05, 0) is 25.2 Å². The molecule has 1 aliphatic rings. The maximum absolute atomic E-state index is 3.95. The fourth-order valence-corrected chi connectivity index (χ4v) is 1.24. The Morgan fingerprint density at radius 3 is 2.17 bits per heavy atom. The average molecular weight is 166 g/mol. The van der Waals surface area contributed by atoms with Gasteiger partial charge in [0.05, 0.1) is 0 Å². The van der Waals surface area contributed by atoms with Crippen LogP contribution in [0, 0.1) is 5.41 Å². The molecule has 0 atom stereocenters. The summed E-state index contributed by atoms with van der Waals surface area (Å²) in [5.41, 5.74) is 3.18. The third-order valence-electron chi connectivity index (χ3n) is 2.56. The first-order chi connectivity index (χ1) is 5.52. The molecule has 0 unspecified atom stereocenters. The Morgan fingerprint density at radius 1 is 1.33 bits per heavy atom. The van der Waals surface area contributed by atoms with E-state index < -0.39 is 0 Å². The molecular weight excluding hydrogens is 144 g/mol. The molecular formula is C12H22. The normalized spacial score (nSPS) is 20.8. The molecule has 0 amide bonds. The Kier molecular flexibility index (Phi) is 4.30. The highest BCUT2D eigenvalue weighted by atomic mass is 14.3. The Bertz CT molecular complexity index is 182. The van der Waals surface area contributed by atoms with Crippen LogP contribution in [-0.4, -0.2) is 0 Å². The van der Waals surface area contributed by atoms with E-state index in [4.69, 9.17) is 0 Å². The number of hydrogen-bond donors (Lipinski definition) is 0. The van der Waals surface area contributed by atoms with Crippen LogP contribution in [0.2, 0.25) is 0 Å². The summed E-state index contributed by atoms with van der Waals surface area (Å²) in [6.45, 7) is 14.7. The van der Waals surface area contributed by atoms with Crippen LogP contribution in [0.4, 0.5) is 0 Å². The van der Waals surface area contributed by atoms with Crippen LogP contribution in [0.15, 0.2) is 23.8 Å². The van der Waals surface area contributed by atoms with E-state index >= 15 is 0 Å². The average Bonchev–Trinajstić information content (AvgIpc) is 2.03. The van der Waals surface area contributed by atoms with Gasteiger partial charge >= 0.3 is 0 Å². The third kappa shape index (κ3) is 2.84. The predicted molar refractivity (Wildman–Crippen MR) is 57.3 cm³/mol. The van der Waals surface area contributed by atoms with Crippen LogP contribution in [-0.2, 0) is 0 Å². The van der Waals surface area contributed by atoms with Crippen LogP contribution in [0.25, 0.3) is 0 Å². The van der Waals surface area contributed by atoms with Crippen molar-refractivity contribution in [2.75, 3.05) is 0 Å². The van der Waals surface area contributed by atoms with E-state index in [9.17, 15) is 0 Å². The largest absolute Gasteiger partial charge is 0.0958 e. The lowest BCUT2D eigenvalue weighted by Crippen LogP contribution is -2.16. The number of allylic oxidation sites excluding steroid dienone is 3. The first kappa shape index (κ1) is 11.5. The second-order valence-corrected chi connectivity index (χ2v) is 3.87. The van der Waals surface area contributed by atoms with Gasteiger partial charge in [0, 0.05) is 0 Å². The van der Waals surface area contributed by atoms with Crippen LogP contribution in [0.1, 0.15) is 47.5 Å². The van der Waals surface area contributed by atoms with Crippen molar-refractivity contribution in [3.8, 4) is 0 Å². The highest BCUT2D eigenvalue weighted by molar-refractivity contribution is 5.27. The molecule has 0 fully saturated rings. The maximum Gasteiger partial charge on any atom is -0.0141 e. The second kappa shape index (κ2) is 4.49. The van der Waals surface area contributed by atoms with E-state index in [0.29, 0.717) is 5.41 Å². The smallest absolute Gasteiger partial charge is 0.0141 e. The molecule has 0 aliphatic heterocycles. The minimum absolute atomic E-state index is 0.418. The monoisotopic (exact) mass is 166 g/mol. The fourth-order valence-electron chi connectivity index (χ4n) is 1.24. The lowest BCUT2D eigenvalue weighted by molar-refractivity contribution is 0.397. The molecule has 12 heavy (non-hydrogen) atoms. The van der Waals surface area contributed by atoms with Crippen molar-refractivity contribution in [2.45, 2.75) is 47.5 Å². The highest BCUT2D eigenvalue weighted by Crippen LogP contribution is 2.37. The zero-order valence-electron chi connectivity index (χ0n) is 9.20. The van der Waals surface area contributed by atoms with Crippen molar-refractivity contribution in [1.82, 2.24) is 0 Å². The molecule has 1 rings (SSSR count). The van der Waals surface area contributed by atoms with Gasteiger partial charge in [-0.15, -0.1) is 0 Å². The Labute approximate surface area is 77.4 Å². The predicted octanol–water partition coefficient (Wildman–Crippen LogP) is 4.34. The quantitative estimate of drug-likeness (QED) is 0.502. The first-order valence-electron chi connectivity index (χ1n) is 4.89. The number of rotatable bonds is 0. The lowest BCUT2D eigenvalue weighted by Gasteiger charge is -2.30. The zero-order valence-corrected chi connectivity index (χ0v) is 9.20. The van der Waals surface area contributed by atoms with Gasteiger partial charge in [0.1, 0.15) is 0 Å². The van der Waals surface area contributed by atoms with Crippen molar-refractivity contribution in [3.05, 3.63) is 23.8 Å². The summed E-state index contributed by atoms with van der Waals surface area (Å²) in [5, 5.41) is 0. The van der Waals surface area contributed by atoms with Gasteiger partial charge < -0.3 is 0 Å².